The van der Waals surface area contributed by atoms with E-state index in [4.69, 9.17) is 9.42 Å². The summed E-state index contributed by atoms with van der Waals surface area (Å²) < 4.78 is 15.4. The van der Waals surface area contributed by atoms with E-state index < -0.39 is 6.30 Å². The van der Waals surface area contributed by atoms with Gasteiger partial charge in [-0.3, -0.25) is 4.52 Å². The fourth-order valence-electron chi connectivity index (χ4n) is 0.622. The molecule has 0 radical (unpaired) electrons. The Hall–Kier alpha value is 0.630. The SMILES string of the molecule is CCC(CC)OP(=O)(O)Br. The minimum Gasteiger partial charge on any atom is -0.316 e. The molecule has 1 N–H and O–H groups in total. The molecule has 0 saturated heterocycles. The lowest BCUT2D eigenvalue weighted by Gasteiger charge is -2.13. The summed E-state index contributed by atoms with van der Waals surface area (Å²) in [6.07, 6.45) is -2.04. The molecule has 0 fully saturated rings. The van der Waals surface area contributed by atoms with Crippen molar-refractivity contribution in [2.24, 2.45) is 0 Å². The zero-order chi connectivity index (χ0) is 8.20. The minimum atomic E-state index is -3.44. The van der Waals surface area contributed by atoms with Gasteiger partial charge < -0.3 is 4.89 Å². The van der Waals surface area contributed by atoms with Gasteiger partial charge in [0, 0.05) is 15.5 Å². The Morgan fingerprint density at radius 3 is 2.10 bits per heavy atom. The van der Waals surface area contributed by atoms with Crippen molar-refractivity contribution in [1.82, 2.24) is 0 Å². The van der Waals surface area contributed by atoms with Gasteiger partial charge in [-0.05, 0) is 12.8 Å². The molecule has 62 valence electrons. The van der Waals surface area contributed by atoms with Crippen molar-refractivity contribution in [3.05, 3.63) is 0 Å². The second-order valence-electron chi connectivity index (χ2n) is 2.00. The summed E-state index contributed by atoms with van der Waals surface area (Å²) in [5.41, 5.74) is 0. The van der Waals surface area contributed by atoms with Crippen LogP contribution < -0.4 is 0 Å². The maximum atomic E-state index is 10.6. The van der Waals surface area contributed by atoms with E-state index >= 15 is 0 Å². The minimum absolute atomic E-state index is 0.116. The molecule has 0 heterocycles. The van der Waals surface area contributed by atoms with Gasteiger partial charge in [0.05, 0.1) is 6.10 Å². The summed E-state index contributed by atoms with van der Waals surface area (Å²) in [7, 11) is 0. The molecule has 0 aliphatic heterocycles. The molecule has 0 aliphatic rings. The topological polar surface area (TPSA) is 46.5 Å². The maximum Gasteiger partial charge on any atom is 0.393 e. The lowest BCUT2D eigenvalue weighted by atomic mass is 10.2. The van der Waals surface area contributed by atoms with Crippen LogP contribution in [0.5, 0.6) is 0 Å². The molecule has 0 rings (SSSR count). The lowest BCUT2D eigenvalue weighted by Crippen LogP contribution is -2.06. The van der Waals surface area contributed by atoms with Gasteiger partial charge in [-0.1, -0.05) is 13.8 Å². The molecule has 10 heavy (non-hydrogen) atoms. The van der Waals surface area contributed by atoms with Crippen LogP contribution in [0.1, 0.15) is 26.7 Å². The van der Waals surface area contributed by atoms with Crippen LogP contribution in [0.3, 0.4) is 0 Å². The van der Waals surface area contributed by atoms with E-state index in [9.17, 15) is 4.57 Å². The zero-order valence-electron chi connectivity index (χ0n) is 6.08. The monoisotopic (exact) mass is 230 g/mol. The Kier molecular flexibility index (Phi) is 4.78. The van der Waals surface area contributed by atoms with Crippen LogP contribution in [0.2, 0.25) is 0 Å². The Labute approximate surface area is 69.0 Å². The molecule has 0 aromatic carbocycles. The van der Waals surface area contributed by atoms with Crippen LogP contribution in [-0.4, -0.2) is 11.0 Å². The Morgan fingerprint density at radius 2 is 2.00 bits per heavy atom. The first-order valence-corrected chi connectivity index (χ1v) is 6.80. The van der Waals surface area contributed by atoms with Gasteiger partial charge in [0.15, 0.2) is 0 Å². The molecule has 0 spiro atoms. The third-order valence-electron chi connectivity index (χ3n) is 1.19. The lowest BCUT2D eigenvalue weighted by molar-refractivity contribution is 0.177. The number of halogens is 1. The summed E-state index contributed by atoms with van der Waals surface area (Å²) in [6, 6.07) is 0. The summed E-state index contributed by atoms with van der Waals surface area (Å²) in [6.45, 7) is 3.83. The molecule has 0 aliphatic carbocycles. The van der Waals surface area contributed by atoms with Gasteiger partial charge >= 0.3 is 6.30 Å². The van der Waals surface area contributed by atoms with Gasteiger partial charge in [-0.2, -0.15) is 0 Å². The van der Waals surface area contributed by atoms with E-state index in [0.29, 0.717) is 0 Å². The Balaban J connectivity index is 3.75. The van der Waals surface area contributed by atoms with Crippen molar-refractivity contribution in [2.75, 3.05) is 0 Å². The molecule has 5 heteroatoms. The van der Waals surface area contributed by atoms with Gasteiger partial charge in [0.1, 0.15) is 0 Å². The molecule has 0 bridgehead atoms. The third kappa shape index (κ3) is 5.42. The van der Waals surface area contributed by atoms with E-state index in [1.54, 1.807) is 0 Å². The van der Waals surface area contributed by atoms with E-state index in [0.717, 1.165) is 12.8 Å². The Morgan fingerprint density at radius 1 is 1.60 bits per heavy atom. The predicted molar refractivity (Wildman–Crippen MR) is 44.2 cm³/mol. The van der Waals surface area contributed by atoms with E-state index in [1.807, 2.05) is 13.8 Å². The van der Waals surface area contributed by atoms with E-state index in [-0.39, 0.29) is 6.10 Å². The highest BCUT2D eigenvalue weighted by molar-refractivity contribution is 9.39. The van der Waals surface area contributed by atoms with Gasteiger partial charge in [0.2, 0.25) is 0 Å². The van der Waals surface area contributed by atoms with Gasteiger partial charge in [-0.25, -0.2) is 4.57 Å². The third-order valence-corrected chi connectivity index (χ3v) is 2.25. The quantitative estimate of drug-likeness (QED) is 0.756. The van der Waals surface area contributed by atoms with Crippen LogP contribution >= 0.6 is 21.8 Å². The molecular weight excluding hydrogens is 219 g/mol. The van der Waals surface area contributed by atoms with Crippen molar-refractivity contribution in [2.45, 2.75) is 32.8 Å². The average Bonchev–Trinajstić information content (AvgIpc) is 1.81. The van der Waals surface area contributed by atoms with Crippen LogP contribution in [0.15, 0.2) is 0 Å². The second-order valence-corrected chi connectivity index (χ2v) is 5.80. The normalized spacial score (nSPS) is 17.3. The van der Waals surface area contributed by atoms with Crippen molar-refractivity contribution >= 4 is 21.8 Å². The van der Waals surface area contributed by atoms with Crippen LogP contribution in [0.25, 0.3) is 0 Å². The number of hydrogen-bond donors (Lipinski definition) is 1. The highest BCUT2D eigenvalue weighted by atomic mass is 79.9. The maximum absolute atomic E-state index is 10.6. The summed E-state index contributed by atoms with van der Waals surface area (Å²) in [4.78, 5) is 8.70. The second kappa shape index (κ2) is 4.50. The summed E-state index contributed by atoms with van der Waals surface area (Å²) in [5.74, 6) is 0. The summed E-state index contributed by atoms with van der Waals surface area (Å²) in [5, 5.41) is 0. The molecular formula is C5H12BrO3P. The molecule has 0 saturated carbocycles. The smallest absolute Gasteiger partial charge is 0.316 e. The first kappa shape index (κ1) is 10.6. The first-order valence-electron chi connectivity index (χ1n) is 3.20. The first-order chi connectivity index (χ1) is 4.49. The largest absolute Gasteiger partial charge is 0.393 e. The Bertz CT molecular complexity index is 129. The van der Waals surface area contributed by atoms with Crippen molar-refractivity contribution in [3.8, 4) is 0 Å². The van der Waals surface area contributed by atoms with E-state index in [1.165, 1.54) is 0 Å². The number of hydrogen-bond acceptors (Lipinski definition) is 2. The highest BCUT2D eigenvalue weighted by Gasteiger charge is 2.18. The van der Waals surface area contributed by atoms with Crippen molar-refractivity contribution in [3.63, 3.8) is 0 Å². The summed E-state index contributed by atoms with van der Waals surface area (Å²) >= 11 is 2.55. The number of rotatable bonds is 4. The molecule has 1 atom stereocenters. The average molecular weight is 231 g/mol. The molecule has 0 aromatic rings. The van der Waals surface area contributed by atoms with Crippen LogP contribution in [0.4, 0.5) is 0 Å². The van der Waals surface area contributed by atoms with Gasteiger partial charge in [-0.15, -0.1) is 0 Å². The molecule has 0 amide bonds. The predicted octanol–water partition coefficient (Wildman–Crippen LogP) is 2.69. The van der Waals surface area contributed by atoms with Crippen molar-refractivity contribution < 1.29 is 14.0 Å². The van der Waals surface area contributed by atoms with Gasteiger partial charge in [0.25, 0.3) is 0 Å². The fourth-order valence-corrected chi connectivity index (χ4v) is 2.00. The van der Waals surface area contributed by atoms with Crippen LogP contribution in [-0.2, 0) is 9.09 Å². The highest BCUT2D eigenvalue weighted by Crippen LogP contribution is 2.51. The zero-order valence-corrected chi connectivity index (χ0v) is 8.56. The van der Waals surface area contributed by atoms with Crippen LogP contribution in [0, 0.1) is 0 Å². The molecule has 0 aromatic heterocycles. The fraction of sp³-hybridized carbons (Fsp3) is 1.00. The molecule has 1 unspecified atom stereocenters. The van der Waals surface area contributed by atoms with E-state index in [2.05, 4.69) is 15.5 Å². The standard InChI is InChI=1S/C5H12BrO3P/c1-3-5(4-2)9-10(6,7)8/h5H,3-4H2,1-2H3,(H,7,8). The van der Waals surface area contributed by atoms with Crippen molar-refractivity contribution in [1.29, 1.82) is 0 Å². The molecule has 3 nitrogen and oxygen atoms in total.